The molecule has 1 aromatic carbocycles. The molecule has 4 aromatic rings. The first-order valence-electron chi connectivity index (χ1n) is 7.09. The first kappa shape index (κ1) is 15.5. The van der Waals surface area contributed by atoms with Gasteiger partial charge >= 0.3 is 0 Å². The summed E-state index contributed by atoms with van der Waals surface area (Å²) in [6.07, 6.45) is 0. The number of nitrogens with zero attached hydrogens (tertiary/aromatic N) is 3. The van der Waals surface area contributed by atoms with Gasteiger partial charge in [0.15, 0.2) is 0 Å². The number of fused-ring (bicyclic) bond motifs is 1. The number of aryl methyl sites for hydroxylation is 1. The van der Waals surface area contributed by atoms with E-state index in [0.717, 1.165) is 24.8 Å². The Balaban J connectivity index is 1.71. The molecule has 1 amide bonds. The summed E-state index contributed by atoms with van der Waals surface area (Å²) >= 11 is 6.30. The van der Waals surface area contributed by atoms with Crippen LogP contribution in [0.5, 0.6) is 0 Å². The van der Waals surface area contributed by atoms with E-state index in [4.69, 9.17) is 0 Å². The van der Waals surface area contributed by atoms with E-state index in [-0.39, 0.29) is 5.91 Å². The van der Waals surface area contributed by atoms with Crippen LogP contribution >= 0.6 is 38.6 Å². The third kappa shape index (κ3) is 2.88. The summed E-state index contributed by atoms with van der Waals surface area (Å²) in [5.74, 6) is 0.453. The molecule has 0 aliphatic carbocycles. The highest BCUT2D eigenvalue weighted by atomic mass is 79.9. The Labute approximate surface area is 154 Å². The van der Waals surface area contributed by atoms with Gasteiger partial charge in [-0.2, -0.15) is 9.78 Å². The van der Waals surface area contributed by atoms with Crippen molar-refractivity contribution < 1.29 is 4.79 Å². The van der Waals surface area contributed by atoms with Crippen LogP contribution < -0.4 is 5.32 Å². The van der Waals surface area contributed by atoms with E-state index in [1.54, 1.807) is 10.7 Å². The van der Waals surface area contributed by atoms with Crippen molar-refractivity contribution in [1.82, 2.24) is 14.8 Å². The maximum absolute atomic E-state index is 12.4. The minimum Gasteiger partial charge on any atom is -0.306 e. The molecule has 0 saturated carbocycles. The summed E-state index contributed by atoms with van der Waals surface area (Å²) < 4.78 is 3.68. The second kappa shape index (κ2) is 6.12. The average molecular weight is 419 g/mol. The Morgan fingerprint density at radius 2 is 2.04 bits per heavy atom. The van der Waals surface area contributed by atoms with Crippen LogP contribution in [0.1, 0.15) is 15.4 Å². The maximum Gasteiger partial charge on any atom is 0.266 e. The fourth-order valence-electron chi connectivity index (χ4n) is 2.30. The summed E-state index contributed by atoms with van der Waals surface area (Å²) in [4.78, 5) is 17.7. The summed E-state index contributed by atoms with van der Waals surface area (Å²) in [6.45, 7) is 1.89. The summed E-state index contributed by atoms with van der Waals surface area (Å²) in [7, 11) is 0. The normalized spacial score (nSPS) is 11.1. The van der Waals surface area contributed by atoms with Crippen molar-refractivity contribution >= 4 is 60.5 Å². The number of hydrogen-bond acceptors (Lipinski definition) is 5. The van der Waals surface area contributed by atoms with E-state index in [9.17, 15) is 4.79 Å². The highest BCUT2D eigenvalue weighted by Crippen LogP contribution is 2.28. The van der Waals surface area contributed by atoms with E-state index in [1.807, 2.05) is 43.3 Å². The molecule has 1 N–H and O–H groups in total. The lowest BCUT2D eigenvalue weighted by Crippen LogP contribution is -2.13. The van der Waals surface area contributed by atoms with Gasteiger partial charge in [0.05, 0.1) is 24.6 Å². The number of anilines is 1. The zero-order chi connectivity index (χ0) is 16.7. The SMILES string of the molecule is Cc1cc(NC(=O)c2ccc(Br)s2)n(-c2nc3ccccc3s2)n1. The van der Waals surface area contributed by atoms with Crippen LogP contribution in [0, 0.1) is 6.92 Å². The van der Waals surface area contributed by atoms with Crippen LogP contribution in [0.4, 0.5) is 5.82 Å². The van der Waals surface area contributed by atoms with Crippen molar-refractivity contribution in [3.05, 3.63) is 56.8 Å². The van der Waals surface area contributed by atoms with Crippen LogP contribution in [-0.2, 0) is 0 Å². The number of thiazole rings is 1. The molecule has 120 valence electrons. The Morgan fingerprint density at radius 1 is 1.21 bits per heavy atom. The van der Waals surface area contributed by atoms with Gasteiger partial charge in [-0.1, -0.05) is 23.5 Å². The molecule has 0 saturated heterocycles. The summed E-state index contributed by atoms with van der Waals surface area (Å²) in [5.41, 5.74) is 1.74. The lowest BCUT2D eigenvalue weighted by molar-refractivity contribution is 0.103. The molecule has 8 heteroatoms. The predicted molar refractivity (Wildman–Crippen MR) is 101 cm³/mol. The minimum absolute atomic E-state index is 0.159. The molecule has 24 heavy (non-hydrogen) atoms. The van der Waals surface area contributed by atoms with Crippen LogP contribution in [0.2, 0.25) is 0 Å². The van der Waals surface area contributed by atoms with Crippen molar-refractivity contribution in [1.29, 1.82) is 0 Å². The van der Waals surface area contributed by atoms with Gasteiger partial charge in [-0.3, -0.25) is 4.79 Å². The van der Waals surface area contributed by atoms with E-state index < -0.39 is 0 Å². The van der Waals surface area contributed by atoms with Crippen molar-refractivity contribution in [3.63, 3.8) is 0 Å². The van der Waals surface area contributed by atoms with Gasteiger partial charge in [-0.25, -0.2) is 4.98 Å². The highest BCUT2D eigenvalue weighted by molar-refractivity contribution is 9.11. The Bertz CT molecular complexity index is 1020. The maximum atomic E-state index is 12.4. The molecule has 3 heterocycles. The zero-order valence-electron chi connectivity index (χ0n) is 12.5. The van der Waals surface area contributed by atoms with Crippen LogP contribution in [0.3, 0.4) is 0 Å². The predicted octanol–water partition coefficient (Wildman–Crippen LogP) is 4.87. The molecule has 0 radical (unpaired) electrons. The quantitative estimate of drug-likeness (QED) is 0.516. The number of halogens is 1. The second-order valence-corrected chi connectivity index (χ2v) is 8.58. The molecule has 3 aromatic heterocycles. The molecule has 5 nitrogen and oxygen atoms in total. The molecule has 4 rings (SSSR count). The number of amides is 1. The van der Waals surface area contributed by atoms with Gasteiger partial charge < -0.3 is 5.32 Å². The lowest BCUT2D eigenvalue weighted by atomic mass is 10.3. The topological polar surface area (TPSA) is 59.8 Å². The van der Waals surface area contributed by atoms with Crippen LogP contribution in [0.25, 0.3) is 15.3 Å². The molecule has 0 unspecified atom stereocenters. The average Bonchev–Trinajstić information content (AvgIpc) is 3.25. The van der Waals surface area contributed by atoms with E-state index in [0.29, 0.717) is 10.7 Å². The van der Waals surface area contributed by atoms with Crippen molar-refractivity contribution in [2.24, 2.45) is 0 Å². The van der Waals surface area contributed by atoms with Crippen molar-refractivity contribution in [2.45, 2.75) is 6.92 Å². The molecule has 0 bridgehead atoms. The fourth-order valence-corrected chi connectivity index (χ4v) is 4.51. The Morgan fingerprint density at radius 3 is 2.79 bits per heavy atom. The van der Waals surface area contributed by atoms with Crippen molar-refractivity contribution in [3.8, 4) is 5.13 Å². The summed E-state index contributed by atoms with van der Waals surface area (Å²) in [5, 5.41) is 8.12. The number of carbonyl (C=O) groups excluding carboxylic acids is 1. The number of benzene rings is 1. The van der Waals surface area contributed by atoms with Gasteiger partial charge in [-0.15, -0.1) is 11.3 Å². The number of aromatic nitrogens is 3. The number of rotatable bonds is 3. The standard InChI is InChI=1S/C16H11BrN4OS2/c1-9-8-14(19-15(22)12-6-7-13(17)23-12)21(20-9)16-18-10-4-2-3-5-11(10)24-16/h2-8H,1H3,(H,19,22). The number of nitrogens with one attached hydrogen (secondary N) is 1. The van der Waals surface area contributed by atoms with Crippen molar-refractivity contribution in [2.75, 3.05) is 5.32 Å². The first-order valence-corrected chi connectivity index (χ1v) is 9.52. The number of para-hydroxylation sites is 1. The van der Waals surface area contributed by atoms with Gasteiger partial charge in [0.1, 0.15) is 5.82 Å². The molecule has 0 atom stereocenters. The van der Waals surface area contributed by atoms with Gasteiger partial charge in [0.2, 0.25) is 5.13 Å². The number of carbonyl (C=O) groups is 1. The van der Waals surface area contributed by atoms with Gasteiger partial charge in [0, 0.05) is 6.07 Å². The van der Waals surface area contributed by atoms with E-state index >= 15 is 0 Å². The largest absolute Gasteiger partial charge is 0.306 e. The Kier molecular flexibility index (Phi) is 3.95. The lowest BCUT2D eigenvalue weighted by Gasteiger charge is -2.05. The minimum atomic E-state index is -0.159. The smallest absolute Gasteiger partial charge is 0.266 e. The third-order valence-electron chi connectivity index (χ3n) is 3.33. The molecule has 0 aliphatic rings. The number of thiophene rings is 1. The Hall–Kier alpha value is -2.03. The third-order valence-corrected chi connectivity index (χ3v) is 5.97. The monoisotopic (exact) mass is 418 g/mol. The van der Waals surface area contributed by atoms with Crippen LogP contribution in [-0.4, -0.2) is 20.7 Å². The van der Waals surface area contributed by atoms with Gasteiger partial charge in [0.25, 0.3) is 5.91 Å². The van der Waals surface area contributed by atoms with E-state index in [2.05, 4.69) is 31.3 Å². The highest BCUT2D eigenvalue weighted by Gasteiger charge is 2.16. The molecular weight excluding hydrogens is 408 g/mol. The second-order valence-electron chi connectivity index (χ2n) is 5.10. The summed E-state index contributed by atoms with van der Waals surface area (Å²) in [6, 6.07) is 13.4. The van der Waals surface area contributed by atoms with E-state index in [1.165, 1.54) is 22.7 Å². The molecular formula is C16H11BrN4OS2. The first-order chi connectivity index (χ1) is 11.6. The fraction of sp³-hybridized carbons (Fsp3) is 0.0625. The zero-order valence-corrected chi connectivity index (χ0v) is 15.7. The van der Waals surface area contributed by atoms with Gasteiger partial charge in [-0.05, 0) is 47.1 Å². The number of hydrogen-bond donors (Lipinski definition) is 1. The van der Waals surface area contributed by atoms with Crippen LogP contribution in [0.15, 0.2) is 46.3 Å². The molecule has 0 spiro atoms. The molecule has 0 fully saturated rings. The molecule has 0 aliphatic heterocycles.